The number of halogens is 3. The predicted octanol–water partition coefficient (Wildman–Crippen LogP) is 2.30. The van der Waals surface area contributed by atoms with Gasteiger partial charge in [-0.15, -0.1) is 5.10 Å². The Bertz CT molecular complexity index is 1020. The number of hydrogen-bond acceptors (Lipinski definition) is 6. The molecule has 0 saturated carbocycles. The van der Waals surface area contributed by atoms with Crippen molar-refractivity contribution in [3.05, 3.63) is 53.6 Å². The van der Waals surface area contributed by atoms with Gasteiger partial charge in [-0.3, -0.25) is 4.79 Å². The monoisotopic (exact) mass is 394 g/mol. The van der Waals surface area contributed by atoms with E-state index in [0.717, 1.165) is 29.1 Å². The van der Waals surface area contributed by atoms with Gasteiger partial charge >= 0.3 is 12.1 Å². The van der Waals surface area contributed by atoms with Gasteiger partial charge in [0.1, 0.15) is 11.0 Å². The highest BCUT2D eigenvalue weighted by Gasteiger charge is 2.30. The third-order valence-electron chi connectivity index (χ3n) is 3.65. The number of carbonyl (C=O) groups excluding carboxylic acids is 2. The summed E-state index contributed by atoms with van der Waals surface area (Å²) < 4.78 is 42.2. The first kappa shape index (κ1) is 19.1. The van der Waals surface area contributed by atoms with Crippen molar-refractivity contribution < 1.29 is 32.3 Å². The van der Waals surface area contributed by atoms with Crippen LogP contribution in [0.1, 0.15) is 15.9 Å². The zero-order valence-corrected chi connectivity index (χ0v) is 14.4. The van der Waals surface area contributed by atoms with E-state index in [2.05, 4.69) is 20.4 Å². The number of hydrogen-bond donors (Lipinski definition) is 1. The van der Waals surface area contributed by atoms with E-state index in [9.17, 15) is 22.8 Å². The van der Waals surface area contributed by atoms with Crippen LogP contribution in [-0.4, -0.2) is 40.8 Å². The number of rotatable bonds is 5. The van der Waals surface area contributed by atoms with Crippen LogP contribution in [0.5, 0.6) is 0 Å². The second-order valence-electron chi connectivity index (χ2n) is 5.55. The molecule has 0 aliphatic rings. The van der Waals surface area contributed by atoms with E-state index in [-0.39, 0.29) is 11.3 Å². The number of nitrogens with zero attached hydrogens (tertiary/aromatic N) is 3. The molecule has 0 atom stereocenters. The number of carbonyl (C=O) groups is 2. The topological polar surface area (TPSA) is 95.3 Å². The van der Waals surface area contributed by atoms with Gasteiger partial charge < -0.3 is 14.9 Å². The van der Waals surface area contributed by atoms with Crippen molar-refractivity contribution in [3.8, 4) is 0 Å². The molecule has 11 heteroatoms. The average Bonchev–Trinajstić information content (AvgIpc) is 3.07. The van der Waals surface area contributed by atoms with Crippen molar-refractivity contribution in [2.24, 2.45) is 0 Å². The predicted molar refractivity (Wildman–Crippen MR) is 90.4 cm³/mol. The van der Waals surface area contributed by atoms with Crippen molar-refractivity contribution in [2.45, 2.75) is 6.18 Å². The molecule has 146 valence electrons. The van der Waals surface area contributed by atoms with E-state index in [4.69, 9.17) is 4.84 Å². The largest absolute Gasteiger partial charge is 0.465 e. The van der Waals surface area contributed by atoms with Gasteiger partial charge in [-0.1, -0.05) is 4.85 Å². The van der Waals surface area contributed by atoms with Crippen molar-refractivity contribution >= 4 is 28.6 Å². The summed E-state index contributed by atoms with van der Waals surface area (Å²) in [5.74, 6) is -1.18. The molecule has 0 unspecified atom stereocenters. The first-order chi connectivity index (χ1) is 13.3. The number of aromatic nitrogens is 3. The maximum atomic E-state index is 12.5. The highest BCUT2D eigenvalue weighted by molar-refractivity contribution is 5.93. The van der Waals surface area contributed by atoms with Crippen molar-refractivity contribution in [1.82, 2.24) is 15.2 Å². The Balaban J connectivity index is 1.65. The lowest BCUT2D eigenvalue weighted by molar-refractivity contribution is -0.137. The fourth-order valence-electron chi connectivity index (χ4n) is 2.30. The number of fused-ring (bicyclic) bond motifs is 1. The molecule has 0 radical (unpaired) electrons. The number of anilines is 1. The summed E-state index contributed by atoms with van der Waals surface area (Å²) in [7, 11) is 1.24. The molecule has 0 fully saturated rings. The van der Waals surface area contributed by atoms with Gasteiger partial charge in [0.25, 0.3) is 5.91 Å². The lowest BCUT2D eigenvalue weighted by Gasteiger charge is -2.09. The Kier molecular flexibility index (Phi) is 5.16. The van der Waals surface area contributed by atoms with Crippen molar-refractivity contribution in [3.63, 3.8) is 0 Å². The highest BCUT2D eigenvalue weighted by Crippen LogP contribution is 2.29. The smallest absolute Gasteiger partial charge is 0.416 e. The fourth-order valence-corrected chi connectivity index (χ4v) is 2.30. The van der Waals surface area contributed by atoms with Crippen LogP contribution in [0.4, 0.5) is 18.9 Å². The molecule has 0 spiro atoms. The van der Waals surface area contributed by atoms with Gasteiger partial charge in [-0.05, 0) is 47.7 Å². The molecule has 28 heavy (non-hydrogen) atoms. The lowest BCUT2D eigenvalue weighted by Crippen LogP contribution is -2.26. The molecule has 3 aromatic rings. The van der Waals surface area contributed by atoms with Crippen molar-refractivity contribution in [2.75, 3.05) is 19.0 Å². The van der Waals surface area contributed by atoms with Crippen LogP contribution in [0.3, 0.4) is 0 Å². The Labute approximate surface area is 155 Å². The molecule has 0 bridgehead atoms. The summed E-state index contributed by atoms with van der Waals surface area (Å²) in [6.45, 7) is -0.484. The third kappa shape index (κ3) is 4.19. The van der Waals surface area contributed by atoms with Crippen LogP contribution in [0.2, 0.25) is 0 Å². The van der Waals surface area contributed by atoms with Crippen LogP contribution in [0.25, 0.3) is 11.0 Å². The number of benzene rings is 2. The van der Waals surface area contributed by atoms with Gasteiger partial charge in [0, 0.05) is 5.69 Å². The van der Waals surface area contributed by atoms with E-state index in [1.165, 1.54) is 25.3 Å². The summed E-state index contributed by atoms with van der Waals surface area (Å²) >= 11 is 0. The Morgan fingerprint density at radius 2 is 1.86 bits per heavy atom. The van der Waals surface area contributed by atoms with E-state index >= 15 is 0 Å². The Morgan fingerprint density at radius 3 is 2.50 bits per heavy atom. The molecule has 0 saturated heterocycles. The van der Waals surface area contributed by atoms with Gasteiger partial charge in [-0.25, -0.2) is 4.79 Å². The van der Waals surface area contributed by atoms with Crippen molar-refractivity contribution in [1.29, 1.82) is 0 Å². The molecule has 3 rings (SSSR count). The van der Waals surface area contributed by atoms with Crippen LogP contribution < -0.4 is 10.2 Å². The highest BCUT2D eigenvalue weighted by atomic mass is 19.4. The minimum atomic E-state index is -4.46. The van der Waals surface area contributed by atoms with E-state index < -0.39 is 30.2 Å². The van der Waals surface area contributed by atoms with Crippen LogP contribution in [0, 0.1) is 0 Å². The molecule has 2 aromatic carbocycles. The fraction of sp³-hybridized carbons (Fsp3) is 0.176. The molecule has 1 amide bonds. The standard InChI is InChI=1S/C17H13F3N4O4/c1-27-16(26)10-2-7-13-14(8-10)24(23-22-13)28-9-15(25)21-12-5-3-11(4-6-12)17(18,19)20/h2-8H,9H2,1H3,(H,21,25). The molecule has 8 nitrogen and oxygen atoms in total. The summed E-state index contributed by atoms with van der Waals surface area (Å²) in [6.07, 6.45) is -4.46. The zero-order valence-electron chi connectivity index (χ0n) is 14.4. The van der Waals surface area contributed by atoms with Gasteiger partial charge in [0.2, 0.25) is 0 Å². The number of nitrogens with one attached hydrogen (secondary N) is 1. The van der Waals surface area contributed by atoms with E-state index in [1.54, 1.807) is 0 Å². The zero-order chi connectivity index (χ0) is 20.3. The number of methoxy groups -OCH3 is 1. The van der Waals surface area contributed by atoms with Gasteiger partial charge in [0.15, 0.2) is 6.61 Å². The maximum absolute atomic E-state index is 12.5. The van der Waals surface area contributed by atoms with E-state index in [1.807, 2.05) is 0 Å². The van der Waals surface area contributed by atoms with Gasteiger partial charge in [-0.2, -0.15) is 13.2 Å². The van der Waals surface area contributed by atoms with Crippen LogP contribution >= 0.6 is 0 Å². The quantitative estimate of drug-likeness (QED) is 0.668. The van der Waals surface area contributed by atoms with Gasteiger partial charge in [0.05, 0.1) is 18.2 Å². The first-order valence-corrected chi connectivity index (χ1v) is 7.82. The van der Waals surface area contributed by atoms with E-state index in [0.29, 0.717) is 11.0 Å². The van der Waals surface area contributed by atoms with Crippen LogP contribution in [-0.2, 0) is 15.7 Å². The minimum absolute atomic E-state index is 0.179. The average molecular weight is 394 g/mol. The molecular weight excluding hydrogens is 381 g/mol. The molecule has 0 aliphatic carbocycles. The number of alkyl halides is 3. The number of esters is 1. The summed E-state index contributed by atoms with van der Waals surface area (Å²) in [6, 6.07) is 8.46. The summed E-state index contributed by atoms with van der Waals surface area (Å²) in [4.78, 5) is 29.8. The molecule has 0 aliphatic heterocycles. The lowest BCUT2D eigenvalue weighted by atomic mass is 10.2. The molecule has 1 N–H and O–H groups in total. The third-order valence-corrected chi connectivity index (χ3v) is 3.65. The Hall–Kier alpha value is -3.63. The normalized spacial score (nSPS) is 11.3. The molecular formula is C17H13F3N4O4. The SMILES string of the molecule is COC(=O)c1ccc2nnn(OCC(=O)Nc3ccc(C(F)(F)F)cc3)c2c1. The molecule has 1 aromatic heterocycles. The second-order valence-corrected chi connectivity index (χ2v) is 5.55. The Morgan fingerprint density at radius 1 is 1.14 bits per heavy atom. The second kappa shape index (κ2) is 7.55. The maximum Gasteiger partial charge on any atom is 0.416 e. The summed E-state index contributed by atoms with van der Waals surface area (Å²) in [5, 5.41) is 9.97. The minimum Gasteiger partial charge on any atom is -0.465 e. The number of ether oxygens (including phenoxy) is 1. The van der Waals surface area contributed by atoms with Crippen LogP contribution in [0.15, 0.2) is 42.5 Å². The number of amides is 1. The molecule has 1 heterocycles. The summed E-state index contributed by atoms with van der Waals surface area (Å²) in [5.41, 5.74) is 0.368. The first-order valence-electron chi connectivity index (χ1n) is 7.82.